The summed E-state index contributed by atoms with van der Waals surface area (Å²) in [6.45, 7) is 0. The van der Waals surface area contributed by atoms with Gasteiger partial charge in [-0.05, 0) is 36.4 Å². The zero-order valence-electron chi connectivity index (χ0n) is 16.4. The van der Waals surface area contributed by atoms with E-state index in [1.807, 2.05) is 0 Å². The first-order chi connectivity index (χ1) is 15.2. The molecule has 0 saturated carbocycles. The number of nitrogen functional groups attached to an aromatic ring is 1. The maximum Gasteiger partial charge on any atom is 0.281 e. The quantitative estimate of drug-likeness (QED) is 0.454. The summed E-state index contributed by atoms with van der Waals surface area (Å²) in [6, 6.07) is 7.72. The Bertz CT molecular complexity index is 1520. The first-order valence-electron chi connectivity index (χ1n) is 8.99. The summed E-state index contributed by atoms with van der Waals surface area (Å²) in [5, 5.41) is -0.278. The van der Waals surface area contributed by atoms with E-state index in [0.717, 1.165) is 18.2 Å². The standard InChI is InChI=1S/C20H15ClFN5O4S/c1-31-19-16(26-32(29,30)17-4-3-13(22)7-14(17)21)6-12(8-25-19)11-2-5-18-24-9-15(23)20(28)27(18)10-11/h2-10,26H,23H2,1H3. The molecule has 0 saturated heterocycles. The number of ether oxygens (including phenoxy) is 1. The van der Waals surface area contributed by atoms with Gasteiger partial charge in [0.25, 0.3) is 15.6 Å². The molecule has 164 valence electrons. The number of hydrogen-bond acceptors (Lipinski definition) is 7. The van der Waals surface area contributed by atoms with Crippen molar-refractivity contribution < 1.29 is 17.5 Å². The van der Waals surface area contributed by atoms with E-state index in [1.54, 1.807) is 12.1 Å². The number of sulfonamides is 1. The van der Waals surface area contributed by atoms with Crippen LogP contribution in [0.25, 0.3) is 16.8 Å². The van der Waals surface area contributed by atoms with E-state index in [-0.39, 0.29) is 27.2 Å². The van der Waals surface area contributed by atoms with Crippen LogP contribution in [-0.2, 0) is 10.0 Å². The number of anilines is 2. The van der Waals surface area contributed by atoms with Crippen LogP contribution in [0.3, 0.4) is 0 Å². The van der Waals surface area contributed by atoms with Crippen molar-refractivity contribution in [3.63, 3.8) is 0 Å². The Balaban J connectivity index is 1.79. The summed E-state index contributed by atoms with van der Waals surface area (Å²) in [5.74, 6) is -0.670. The molecule has 0 aliphatic rings. The Labute approximate surface area is 186 Å². The monoisotopic (exact) mass is 475 g/mol. The largest absolute Gasteiger partial charge is 0.480 e. The summed E-state index contributed by atoms with van der Waals surface area (Å²) in [5.41, 5.74) is 6.62. The van der Waals surface area contributed by atoms with Gasteiger partial charge in [0.05, 0.1) is 18.3 Å². The molecule has 0 bridgehead atoms. The van der Waals surface area contributed by atoms with Gasteiger partial charge in [-0.3, -0.25) is 13.9 Å². The average molecular weight is 476 g/mol. The van der Waals surface area contributed by atoms with Crippen LogP contribution in [0.5, 0.6) is 5.88 Å². The highest BCUT2D eigenvalue weighted by molar-refractivity contribution is 7.92. The molecule has 32 heavy (non-hydrogen) atoms. The Kier molecular flexibility index (Phi) is 5.45. The first kappa shape index (κ1) is 21.5. The van der Waals surface area contributed by atoms with Crippen LogP contribution in [0, 0.1) is 5.82 Å². The normalized spacial score (nSPS) is 11.5. The summed E-state index contributed by atoms with van der Waals surface area (Å²) < 4.78 is 47.8. The van der Waals surface area contributed by atoms with E-state index in [2.05, 4.69) is 14.7 Å². The van der Waals surface area contributed by atoms with Crippen molar-refractivity contribution in [3.05, 3.63) is 76.2 Å². The fourth-order valence-electron chi connectivity index (χ4n) is 3.00. The van der Waals surface area contributed by atoms with Gasteiger partial charge in [0.2, 0.25) is 5.88 Å². The number of hydrogen-bond donors (Lipinski definition) is 2. The van der Waals surface area contributed by atoms with Crippen LogP contribution >= 0.6 is 11.6 Å². The topological polar surface area (TPSA) is 129 Å². The Morgan fingerprint density at radius 2 is 1.91 bits per heavy atom. The number of benzene rings is 1. The summed E-state index contributed by atoms with van der Waals surface area (Å²) in [7, 11) is -2.86. The first-order valence-corrected chi connectivity index (χ1v) is 10.8. The lowest BCUT2D eigenvalue weighted by Crippen LogP contribution is -2.18. The maximum absolute atomic E-state index is 13.3. The number of nitrogens with one attached hydrogen (secondary N) is 1. The summed E-state index contributed by atoms with van der Waals surface area (Å²) in [4.78, 5) is 20.2. The van der Waals surface area contributed by atoms with Crippen LogP contribution in [0.1, 0.15) is 0 Å². The minimum atomic E-state index is -4.19. The van der Waals surface area contributed by atoms with Gasteiger partial charge in [-0.2, -0.15) is 0 Å². The minimum Gasteiger partial charge on any atom is -0.480 e. The van der Waals surface area contributed by atoms with E-state index in [4.69, 9.17) is 22.1 Å². The second-order valence-electron chi connectivity index (χ2n) is 6.63. The molecule has 3 heterocycles. The van der Waals surface area contributed by atoms with Gasteiger partial charge < -0.3 is 10.5 Å². The van der Waals surface area contributed by atoms with Gasteiger partial charge in [0.1, 0.15) is 27.7 Å². The van der Waals surface area contributed by atoms with Gasteiger partial charge in [-0.25, -0.2) is 22.8 Å². The zero-order valence-corrected chi connectivity index (χ0v) is 18.0. The highest BCUT2D eigenvalue weighted by Gasteiger charge is 2.21. The van der Waals surface area contributed by atoms with Crippen molar-refractivity contribution in [2.75, 3.05) is 17.6 Å². The number of fused-ring (bicyclic) bond motifs is 1. The van der Waals surface area contributed by atoms with Gasteiger partial charge in [-0.1, -0.05) is 11.6 Å². The third kappa shape index (κ3) is 3.95. The number of nitrogens with two attached hydrogens (primary N) is 1. The number of nitrogens with zero attached hydrogens (tertiary/aromatic N) is 3. The van der Waals surface area contributed by atoms with Crippen LogP contribution in [0.2, 0.25) is 5.02 Å². The lowest BCUT2D eigenvalue weighted by molar-refractivity contribution is 0.400. The molecule has 0 aliphatic carbocycles. The number of methoxy groups -OCH3 is 1. The number of aromatic nitrogens is 3. The van der Waals surface area contributed by atoms with Crippen molar-refractivity contribution in [2.24, 2.45) is 0 Å². The molecule has 3 aromatic heterocycles. The smallest absolute Gasteiger partial charge is 0.281 e. The van der Waals surface area contributed by atoms with Crippen LogP contribution in [0.4, 0.5) is 15.8 Å². The second kappa shape index (κ2) is 8.09. The number of rotatable bonds is 5. The predicted octanol–water partition coefficient (Wildman–Crippen LogP) is 2.94. The van der Waals surface area contributed by atoms with E-state index in [9.17, 15) is 17.6 Å². The van der Waals surface area contributed by atoms with Crippen molar-refractivity contribution in [3.8, 4) is 17.0 Å². The van der Waals surface area contributed by atoms with E-state index >= 15 is 0 Å². The molecule has 0 atom stereocenters. The van der Waals surface area contributed by atoms with E-state index in [0.29, 0.717) is 16.8 Å². The Morgan fingerprint density at radius 3 is 2.62 bits per heavy atom. The molecule has 1 aromatic carbocycles. The van der Waals surface area contributed by atoms with Crippen molar-refractivity contribution >= 4 is 38.6 Å². The van der Waals surface area contributed by atoms with E-state index < -0.39 is 21.4 Å². The van der Waals surface area contributed by atoms with Gasteiger partial charge >= 0.3 is 0 Å². The highest BCUT2D eigenvalue weighted by atomic mass is 35.5. The fourth-order valence-corrected chi connectivity index (χ4v) is 4.58. The Morgan fingerprint density at radius 1 is 1.12 bits per heavy atom. The highest BCUT2D eigenvalue weighted by Crippen LogP contribution is 2.31. The van der Waals surface area contributed by atoms with Gasteiger partial charge in [0.15, 0.2) is 0 Å². The molecule has 4 rings (SSSR count). The molecule has 0 radical (unpaired) electrons. The lowest BCUT2D eigenvalue weighted by atomic mass is 10.1. The zero-order chi connectivity index (χ0) is 23.0. The van der Waals surface area contributed by atoms with Crippen LogP contribution in [0.15, 0.2) is 64.7 Å². The molecule has 0 unspecified atom stereocenters. The third-order valence-electron chi connectivity index (χ3n) is 4.53. The molecule has 0 fully saturated rings. The molecule has 9 nitrogen and oxygen atoms in total. The molecule has 12 heteroatoms. The number of pyridine rings is 2. The fraction of sp³-hybridized carbons (Fsp3) is 0.0500. The number of halogens is 2. The SMILES string of the molecule is COc1ncc(-c2ccc3ncc(N)c(=O)n3c2)cc1NS(=O)(=O)c1ccc(F)cc1Cl. The van der Waals surface area contributed by atoms with Crippen molar-refractivity contribution in [1.29, 1.82) is 0 Å². The summed E-state index contributed by atoms with van der Waals surface area (Å²) in [6.07, 6.45) is 4.24. The molecule has 4 aromatic rings. The molecular weight excluding hydrogens is 461 g/mol. The molecule has 3 N–H and O–H groups in total. The predicted molar refractivity (Wildman–Crippen MR) is 118 cm³/mol. The second-order valence-corrected chi connectivity index (χ2v) is 8.68. The van der Waals surface area contributed by atoms with Gasteiger partial charge in [0, 0.05) is 23.5 Å². The molecule has 0 aliphatic heterocycles. The van der Waals surface area contributed by atoms with Crippen LogP contribution < -0.4 is 20.8 Å². The minimum absolute atomic E-state index is 0.000531. The Hall–Kier alpha value is -3.70. The maximum atomic E-state index is 13.3. The van der Waals surface area contributed by atoms with Crippen molar-refractivity contribution in [2.45, 2.75) is 4.90 Å². The average Bonchev–Trinajstić information content (AvgIpc) is 2.75. The van der Waals surface area contributed by atoms with Crippen molar-refractivity contribution in [1.82, 2.24) is 14.4 Å². The molecule has 0 amide bonds. The lowest BCUT2D eigenvalue weighted by Gasteiger charge is -2.14. The summed E-state index contributed by atoms with van der Waals surface area (Å²) >= 11 is 5.91. The molecular formula is C20H15ClFN5O4S. The van der Waals surface area contributed by atoms with Gasteiger partial charge in [-0.15, -0.1) is 0 Å². The third-order valence-corrected chi connectivity index (χ3v) is 6.38. The van der Waals surface area contributed by atoms with E-state index in [1.165, 1.54) is 36.2 Å². The van der Waals surface area contributed by atoms with Crippen LogP contribution in [-0.4, -0.2) is 29.9 Å². The molecule has 0 spiro atoms.